The molecular weight excluding hydrogens is 368 g/mol. The van der Waals surface area contributed by atoms with Crippen LogP contribution in [0.25, 0.3) is 0 Å². The molecule has 1 N–H and O–H groups in total. The Morgan fingerprint density at radius 1 is 1.07 bits per heavy atom. The summed E-state index contributed by atoms with van der Waals surface area (Å²) >= 11 is 0. The minimum atomic E-state index is -0.399. The second-order valence-electron chi connectivity index (χ2n) is 8.52. The normalized spacial score (nSPS) is 18.7. The summed E-state index contributed by atoms with van der Waals surface area (Å²) in [5, 5.41) is 3.04. The maximum absolute atomic E-state index is 12.9. The molecule has 0 radical (unpaired) electrons. The Labute approximate surface area is 170 Å². The number of fused-ring (bicyclic) bond motifs is 1. The van der Waals surface area contributed by atoms with Crippen LogP contribution < -0.4 is 19.7 Å². The lowest BCUT2D eigenvalue weighted by Crippen LogP contribution is -2.29. The number of benzene rings is 2. The van der Waals surface area contributed by atoms with E-state index in [4.69, 9.17) is 9.47 Å². The highest BCUT2D eigenvalue weighted by Gasteiger charge is 2.36. The average molecular weight is 394 g/mol. The van der Waals surface area contributed by atoms with Gasteiger partial charge < -0.3 is 19.7 Å². The summed E-state index contributed by atoms with van der Waals surface area (Å²) in [6.45, 7) is 7.69. The van der Waals surface area contributed by atoms with Crippen LogP contribution in [0.4, 0.5) is 11.4 Å². The van der Waals surface area contributed by atoms with Crippen LogP contribution in [0.1, 0.15) is 32.8 Å². The fraction of sp³-hybridized carbons (Fsp3) is 0.391. The highest BCUT2D eigenvalue weighted by molar-refractivity contribution is 6.03. The van der Waals surface area contributed by atoms with E-state index in [0.717, 1.165) is 16.9 Å². The fourth-order valence-corrected chi connectivity index (χ4v) is 3.81. The number of rotatable bonds is 3. The lowest BCUT2D eigenvalue weighted by Gasteiger charge is -2.24. The van der Waals surface area contributed by atoms with Crippen LogP contribution in [0.15, 0.2) is 42.5 Å². The highest BCUT2D eigenvalue weighted by Crippen LogP contribution is 2.36. The van der Waals surface area contributed by atoms with Crippen molar-refractivity contribution >= 4 is 23.2 Å². The zero-order valence-electron chi connectivity index (χ0n) is 17.0. The molecule has 1 fully saturated rings. The Morgan fingerprint density at radius 3 is 2.55 bits per heavy atom. The summed E-state index contributed by atoms with van der Waals surface area (Å²) < 4.78 is 11.2. The smallest absolute Gasteiger partial charge is 0.229 e. The maximum atomic E-state index is 12.9. The van der Waals surface area contributed by atoms with Gasteiger partial charge in [-0.25, -0.2) is 0 Å². The molecule has 152 valence electrons. The van der Waals surface area contributed by atoms with Crippen LogP contribution in [0.5, 0.6) is 11.5 Å². The molecule has 6 heteroatoms. The van der Waals surface area contributed by atoms with Gasteiger partial charge in [-0.2, -0.15) is 0 Å². The zero-order chi connectivity index (χ0) is 20.6. The summed E-state index contributed by atoms with van der Waals surface area (Å²) in [6, 6.07) is 13.3. The first-order chi connectivity index (χ1) is 13.8. The maximum Gasteiger partial charge on any atom is 0.229 e. The van der Waals surface area contributed by atoms with Crippen molar-refractivity contribution < 1.29 is 19.1 Å². The van der Waals surface area contributed by atoms with Crippen molar-refractivity contribution in [3.8, 4) is 11.5 Å². The lowest BCUT2D eigenvalue weighted by molar-refractivity contribution is -0.122. The van der Waals surface area contributed by atoms with E-state index in [9.17, 15) is 9.59 Å². The Kier molecular flexibility index (Phi) is 4.94. The molecule has 0 spiro atoms. The highest BCUT2D eigenvalue weighted by atomic mass is 16.6. The van der Waals surface area contributed by atoms with Crippen LogP contribution in [0, 0.1) is 5.92 Å². The number of nitrogens with one attached hydrogen (secondary N) is 1. The summed E-state index contributed by atoms with van der Waals surface area (Å²) in [5.74, 6) is 0.720. The Bertz CT molecular complexity index is 948. The van der Waals surface area contributed by atoms with Gasteiger partial charge in [0.1, 0.15) is 13.2 Å². The predicted octanol–water partition coefficient (Wildman–Crippen LogP) is 3.75. The van der Waals surface area contributed by atoms with Gasteiger partial charge in [-0.15, -0.1) is 0 Å². The van der Waals surface area contributed by atoms with E-state index in [0.29, 0.717) is 31.3 Å². The Hall–Kier alpha value is -3.02. The van der Waals surface area contributed by atoms with Crippen LogP contribution in [0.3, 0.4) is 0 Å². The van der Waals surface area contributed by atoms with Gasteiger partial charge in [-0.3, -0.25) is 9.59 Å². The van der Waals surface area contributed by atoms with Gasteiger partial charge in [-0.05, 0) is 29.2 Å². The number of para-hydroxylation sites is 1. The first-order valence-corrected chi connectivity index (χ1v) is 9.93. The first kappa shape index (κ1) is 19.3. The van der Waals surface area contributed by atoms with E-state index < -0.39 is 5.92 Å². The van der Waals surface area contributed by atoms with E-state index in [1.807, 2.05) is 42.5 Å². The third kappa shape index (κ3) is 3.92. The summed E-state index contributed by atoms with van der Waals surface area (Å²) in [7, 11) is 0. The van der Waals surface area contributed by atoms with Crippen molar-refractivity contribution in [2.45, 2.75) is 32.6 Å². The number of hydrogen-bond donors (Lipinski definition) is 1. The van der Waals surface area contributed by atoms with Crippen molar-refractivity contribution in [3.05, 3.63) is 48.0 Å². The number of hydrogen-bond acceptors (Lipinski definition) is 4. The lowest BCUT2D eigenvalue weighted by atomic mass is 9.85. The number of nitrogens with zero attached hydrogens (tertiary/aromatic N) is 1. The summed E-state index contributed by atoms with van der Waals surface area (Å²) in [4.78, 5) is 27.2. The molecule has 2 aliphatic heterocycles. The van der Waals surface area contributed by atoms with Crippen LogP contribution in [-0.2, 0) is 15.0 Å². The van der Waals surface area contributed by atoms with Gasteiger partial charge in [0, 0.05) is 30.4 Å². The summed E-state index contributed by atoms with van der Waals surface area (Å²) in [5.41, 5.74) is 2.51. The van der Waals surface area contributed by atoms with E-state index in [1.165, 1.54) is 0 Å². The molecule has 2 aromatic carbocycles. The van der Waals surface area contributed by atoms with E-state index in [1.54, 1.807) is 4.90 Å². The van der Waals surface area contributed by atoms with E-state index in [2.05, 4.69) is 26.1 Å². The number of carbonyl (C=O) groups excluding carboxylic acids is 2. The quantitative estimate of drug-likeness (QED) is 0.861. The van der Waals surface area contributed by atoms with Crippen LogP contribution in [0.2, 0.25) is 0 Å². The monoisotopic (exact) mass is 394 g/mol. The average Bonchev–Trinajstić information content (AvgIpc) is 3.09. The molecule has 2 aliphatic rings. The van der Waals surface area contributed by atoms with Gasteiger partial charge in [0.05, 0.1) is 5.92 Å². The molecule has 0 bridgehead atoms. The van der Waals surface area contributed by atoms with Crippen molar-refractivity contribution in [3.63, 3.8) is 0 Å². The van der Waals surface area contributed by atoms with Crippen molar-refractivity contribution in [1.29, 1.82) is 0 Å². The largest absolute Gasteiger partial charge is 0.486 e. The molecule has 0 aliphatic carbocycles. The topological polar surface area (TPSA) is 67.9 Å². The molecule has 4 rings (SSSR count). The molecule has 1 saturated heterocycles. The number of amides is 2. The zero-order valence-corrected chi connectivity index (χ0v) is 17.0. The van der Waals surface area contributed by atoms with Gasteiger partial charge in [0.25, 0.3) is 0 Å². The Balaban J connectivity index is 1.49. The molecule has 0 saturated carbocycles. The Morgan fingerprint density at radius 2 is 1.79 bits per heavy atom. The minimum absolute atomic E-state index is 0.0639. The predicted molar refractivity (Wildman–Crippen MR) is 112 cm³/mol. The molecule has 0 aromatic heterocycles. The van der Waals surface area contributed by atoms with Crippen molar-refractivity contribution in [2.75, 3.05) is 30.0 Å². The molecule has 2 aromatic rings. The van der Waals surface area contributed by atoms with E-state index in [-0.39, 0.29) is 23.7 Å². The van der Waals surface area contributed by atoms with Crippen molar-refractivity contribution in [1.82, 2.24) is 0 Å². The number of anilines is 2. The summed E-state index contributed by atoms with van der Waals surface area (Å²) in [6.07, 6.45) is 0.192. The number of carbonyl (C=O) groups is 2. The van der Waals surface area contributed by atoms with Crippen LogP contribution >= 0.6 is 0 Å². The molecule has 1 atom stereocenters. The van der Waals surface area contributed by atoms with E-state index >= 15 is 0 Å². The molecule has 2 heterocycles. The standard InChI is InChI=1S/C23H26N2O4/c1-23(2,3)17-6-4-5-7-18(17)24-22(27)15-12-21(26)25(14-15)16-8-9-19-20(13-16)29-11-10-28-19/h4-9,13,15H,10-12,14H2,1-3H3,(H,24,27)/t15-/m0/s1. The molecule has 0 unspecified atom stereocenters. The molecule has 6 nitrogen and oxygen atoms in total. The number of ether oxygens (including phenoxy) is 2. The SMILES string of the molecule is CC(C)(C)c1ccccc1NC(=O)[C@H]1CC(=O)N(c2ccc3c(c2)OCCO3)C1. The molecule has 2 amide bonds. The third-order valence-corrected chi connectivity index (χ3v) is 5.33. The van der Waals surface area contributed by atoms with Crippen molar-refractivity contribution in [2.24, 2.45) is 5.92 Å². The van der Waals surface area contributed by atoms with Gasteiger partial charge >= 0.3 is 0 Å². The van der Waals surface area contributed by atoms with Gasteiger partial charge in [-0.1, -0.05) is 39.0 Å². The second-order valence-corrected chi connectivity index (χ2v) is 8.52. The first-order valence-electron chi connectivity index (χ1n) is 9.93. The van der Waals surface area contributed by atoms with Crippen LogP contribution in [-0.4, -0.2) is 31.6 Å². The third-order valence-electron chi connectivity index (χ3n) is 5.33. The van der Waals surface area contributed by atoms with Gasteiger partial charge in [0.2, 0.25) is 11.8 Å². The molecule has 29 heavy (non-hydrogen) atoms. The second kappa shape index (κ2) is 7.43. The van der Waals surface area contributed by atoms with Gasteiger partial charge in [0.15, 0.2) is 11.5 Å². The molecular formula is C23H26N2O4. The minimum Gasteiger partial charge on any atom is -0.486 e. The fourth-order valence-electron chi connectivity index (χ4n) is 3.81.